The third-order valence-corrected chi connectivity index (χ3v) is 5.30. The Hall–Kier alpha value is -2.68. The Morgan fingerprint density at radius 3 is 3.27 bits per heavy atom. The number of carbonyl (C=O) groups is 1. The minimum atomic E-state index is -0.112. The molecule has 0 aromatic carbocycles. The zero-order valence-corrected chi connectivity index (χ0v) is 15.0. The molecular formula is C17H20N6O2S. The first-order valence-corrected chi connectivity index (χ1v) is 9.52. The second-order valence-corrected chi connectivity index (χ2v) is 7.31. The van der Waals surface area contributed by atoms with Crippen LogP contribution in [0.5, 0.6) is 0 Å². The van der Waals surface area contributed by atoms with Crippen LogP contribution in [0.1, 0.15) is 41.2 Å². The van der Waals surface area contributed by atoms with E-state index in [9.17, 15) is 4.79 Å². The number of nitrogens with zero attached hydrogens (tertiary/aromatic N) is 4. The molecule has 1 fully saturated rings. The van der Waals surface area contributed by atoms with Crippen LogP contribution in [0, 0.1) is 0 Å². The lowest BCUT2D eigenvalue weighted by Crippen LogP contribution is -2.44. The summed E-state index contributed by atoms with van der Waals surface area (Å²) in [6.45, 7) is 1.64. The highest BCUT2D eigenvalue weighted by Gasteiger charge is 2.26. The Kier molecular flexibility index (Phi) is 4.96. The van der Waals surface area contributed by atoms with Crippen molar-refractivity contribution in [3.63, 3.8) is 0 Å². The summed E-state index contributed by atoms with van der Waals surface area (Å²) >= 11 is 1.66. The Bertz CT molecular complexity index is 829. The van der Waals surface area contributed by atoms with Crippen molar-refractivity contribution in [3.8, 4) is 0 Å². The maximum absolute atomic E-state index is 12.4. The molecule has 26 heavy (non-hydrogen) atoms. The van der Waals surface area contributed by atoms with Crippen molar-refractivity contribution in [2.24, 2.45) is 0 Å². The van der Waals surface area contributed by atoms with E-state index in [1.165, 1.54) is 4.88 Å². The lowest BCUT2D eigenvalue weighted by atomic mass is 9.98. The molecule has 4 heterocycles. The molecular weight excluding hydrogens is 352 g/mol. The summed E-state index contributed by atoms with van der Waals surface area (Å²) in [4.78, 5) is 27.2. The standard InChI is InChI=1S/C17H20N6O2S/c24-17(23-7-1-3-12(11-23)16-18-5-6-19-16)20-10-15-21-14(22-25-15)9-13-4-2-8-26-13/h2,4-6,8,12H,1,3,7,9-11H2,(H,18,19)(H,20,24). The number of carbonyl (C=O) groups excluding carboxylic acids is 1. The number of hydrogen-bond acceptors (Lipinski definition) is 6. The van der Waals surface area contributed by atoms with Gasteiger partial charge in [-0.25, -0.2) is 9.78 Å². The van der Waals surface area contributed by atoms with Crippen molar-refractivity contribution in [2.45, 2.75) is 31.7 Å². The quantitative estimate of drug-likeness (QED) is 0.717. The fourth-order valence-electron chi connectivity index (χ4n) is 3.15. The van der Waals surface area contributed by atoms with Gasteiger partial charge in [-0.1, -0.05) is 11.2 Å². The highest BCUT2D eigenvalue weighted by atomic mass is 32.1. The van der Waals surface area contributed by atoms with E-state index in [1.54, 1.807) is 17.5 Å². The Morgan fingerprint density at radius 1 is 1.50 bits per heavy atom. The number of urea groups is 1. The van der Waals surface area contributed by atoms with Gasteiger partial charge in [-0.15, -0.1) is 11.3 Å². The summed E-state index contributed by atoms with van der Waals surface area (Å²) in [7, 11) is 0. The number of nitrogens with one attached hydrogen (secondary N) is 2. The maximum Gasteiger partial charge on any atom is 0.317 e. The van der Waals surface area contributed by atoms with E-state index in [1.807, 2.05) is 28.6 Å². The molecule has 0 radical (unpaired) electrons. The Morgan fingerprint density at radius 2 is 2.46 bits per heavy atom. The van der Waals surface area contributed by atoms with E-state index in [2.05, 4.69) is 25.4 Å². The van der Waals surface area contributed by atoms with Crippen LogP contribution in [0.2, 0.25) is 0 Å². The zero-order valence-electron chi connectivity index (χ0n) is 14.2. The van der Waals surface area contributed by atoms with Gasteiger partial charge < -0.3 is 19.7 Å². The highest BCUT2D eigenvalue weighted by Crippen LogP contribution is 2.24. The monoisotopic (exact) mass is 372 g/mol. The molecule has 0 aliphatic carbocycles. The number of piperidine rings is 1. The molecule has 0 bridgehead atoms. The van der Waals surface area contributed by atoms with Crippen LogP contribution in [0.15, 0.2) is 34.4 Å². The summed E-state index contributed by atoms with van der Waals surface area (Å²) in [6, 6.07) is 3.92. The molecule has 136 valence electrons. The topological polar surface area (TPSA) is 99.9 Å². The first-order chi connectivity index (χ1) is 12.8. The van der Waals surface area contributed by atoms with Crippen molar-refractivity contribution in [3.05, 3.63) is 52.3 Å². The van der Waals surface area contributed by atoms with Gasteiger partial charge in [0.2, 0.25) is 5.89 Å². The average molecular weight is 372 g/mol. The molecule has 4 rings (SSSR count). The van der Waals surface area contributed by atoms with Crippen molar-refractivity contribution >= 4 is 17.4 Å². The largest absolute Gasteiger partial charge is 0.348 e. The van der Waals surface area contributed by atoms with Crippen molar-refractivity contribution in [2.75, 3.05) is 13.1 Å². The smallest absolute Gasteiger partial charge is 0.317 e. The van der Waals surface area contributed by atoms with Crippen LogP contribution in [0.25, 0.3) is 0 Å². The van der Waals surface area contributed by atoms with E-state index in [0.29, 0.717) is 24.7 Å². The number of likely N-dealkylation sites (tertiary alicyclic amines) is 1. The number of imidazole rings is 1. The minimum absolute atomic E-state index is 0.112. The number of hydrogen-bond donors (Lipinski definition) is 2. The molecule has 1 unspecified atom stereocenters. The molecule has 1 aliphatic rings. The van der Waals surface area contributed by atoms with E-state index < -0.39 is 0 Å². The van der Waals surface area contributed by atoms with E-state index in [0.717, 1.165) is 25.2 Å². The van der Waals surface area contributed by atoms with Gasteiger partial charge in [0.05, 0.1) is 6.54 Å². The SMILES string of the molecule is O=C(NCc1nc(Cc2cccs2)no1)N1CCCC(c2ncc[nH]2)C1. The van der Waals surface area contributed by atoms with E-state index in [-0.39, 0.29) is 18.5 Å². The summed E-state index contributed by atoms with van der Waals surface area (Å²) in [5.74, 6) is 2.25. The summed E-state index contributed by atoms with van der Waals surface area (Å²) in [5, 5.41) is 8.86. The zero-order chi connectivity index (χ0) is 17.8. The molecule has 2 N–H and O–H groups in total. The summed E-state index contributed by atoms with van der Waals surface area (Å²) < 4.78 is 5.23. The lowest BCUT2D eigenvalue weighted by molar-refractivity contribution is 0.176. The molecule has 8 nitrogen and oxygen atoms in total. The van der Waals surface area contributed by atoms with Crippen LogP contribution in [-0.4, -0.2) is 44.1 Å². The molecule has 3 aromatic rings. The molecule has 3 aromatic heterocycles. The number of H-pyrrole nitrogens is 1. The van der Waals surface area contributed by atoms with Gasteiger partial charge in [0.1, 0.15) is 5.82 Å². The fourth-order valence-corrected chi connectivity index (χ4v) is 3.85. The summed E-state index contributed by atoms with van der Waals surface area (Å²) in [6.07, 6.45) is 6.21. The predicted molar refractivity (Wildman–Crippen MR) is 95.8 cm³/mol. The van der Waals surface area contributed by atoms with Crippen LogP contribution in [-0.2, 0) is 13.0 Å². The lowest BCUT2D eigenvalue weighted by Gasteiger charge is -2.31. The Balaban J connectivity index is 1.29. The second kappa shape index (κ2) is 7.69. The predicted octanol–water partition coefficient (Wildman–Crippen LogP) is 2.53. The van der Waals surface area contributed by atoms with Crippen molar-refractivity contribution < 1.29 is 9.32 Å². The molecule has 1 aliphatic heterocycles. The van der Waals surface area contributed by atoms with Crippen LogP contribution in [0.3, 0.4) is 0 Å². The third-order valence-electron chi connectivity index (χ3n) is 4.43. The Labute approximate surface area is 154 Å². The summed E-state index contributed by atoms with van der Waals surface area (Å²) in [5.41, 5.74) is 0. The molecule has 2 amide bonds. The van der Waals surface area contributed by atoms with Gasteiger partial charge >= 0.3 is 6.03 Å². The average Bonchev–Trinajstić information content (AvgIpc) is 3.43. The fraction of sp³-hybridized carbons (Fsp3) is 0.412. The highest BCUT2D eigenvalue weighted by molar-refractivity contribution is 7.09. The number of rotatable bonds is 5. The first kappa shape index (κ1) is 16.8. The van der Waals surface area contributed by atoms with E-state index >= 15 is 0 Å². The van der Waals surface area contributed by atoms with Crippen LogP contribution < -0.4 is 5.32 Å². The third kappa shape index (κ3) is 3.93. The van der Waals surface area contributed by atoms with E-state index in [4.69, 9.17) is 4.52 Å². The molecule has 1 saturated heterocycles. The van der Waals surface area contributed by atoms with Crippen molar-refractivity contribution in [1.82, 2.24) is 30.3 Å². The number of aromatic nitrogens is 4. The number of aromatic amines is 1. The molecule has 0 spiro atoms. The van der Waals surface area contributed by atoms with Gasteiger partial charge in [0.15, 0.2) is 5.82 Å². The van der Waals surface area contributed by atoms with Crippen LogP contribution >= 0.6 is 11.3 Å². The molecule has 1 atom stereocenters. The van der Waals surface area contributed by atoms with Gasteiger partial charge in [0, 0.05) is 42.7 Å². The van der Waals surface area contributed by atoms with Crippen molar-refractivity contribution in [1.29, 1.82) is 0 Å². The van der Waals surface area contributed by atoms with Crippen LogP contribution in [0.4, 0.5) is 4.79 Å². The van der Waals surface area contributed by atoms with Gasteiger partial charge in [-0.2, -0.15) is 4.98 Å². The molecule has 9 heteroatoms. The normalized spacial score (nSPS) is 17.4. The number of amides is 2. The van der Waals surface area contributed by atoms with Gasteiger partial charge in [0.25, 0.3) is 0 Å². The maximum atomic E-state index is 12.4. The van der Waals surface area contributed by atoms with Gasteiger partial charge in [-0.05, 0) is 24.3 Å². The second-order valence-electron chi connectivity index (χ2n) is 6.28. The van der Waals surface area contributed by atoms with Gasteiger partial charge in [-0.3, -0.25) is 0 Å². The molecule has 0 saturated carbocycles. The first-order valence-electron chi connectivity index (χ1n) is 8.64. The number of thiophene rings is 1. The minimum Gasteiger partial charge on any atom is -0.348 e.